The van der Waals surface area contributed by atoms with Gasteiger partial charge >= 0.3 is 11.4 Å². The SMILES string of the molecule is O=c1nc2n(c(=O)n1-c1ccc(Cl)cc1)CCN2c1ccccc1. The van der Waals surface area contributed by atoms with Gasteiger partial charge in [0.25, 0.3) is 0 Å². The zero-order valence-electron chi connectivity index (χ0n) is 12.6. The highest BCUT2D eigenvalue weighted by atomic mass is 35.5. The maximum Gasteiger partial charge on any atom is 0.359 e. The molecule has 1 aromatic heterocycles. The van der Waals surface area contributed by atoms with Crippen LogP contribution in [0.3, 0.4) is 0 Å². The quantitative estimate of drug-likeness (QED) is 0.717. The molecule has 4 rings (SSSR count). The van der Waals surface area contributed by atoms with Crippen molar-refractivity contribution in [1.29, 1.82) is 0 Å². The van der Waals surface area contributed by atoms with Gasteiger partial charge in [-0.05, 0) is 36.4 Å². The van der Waals surface area contributed by atoms with Gasteiger partial charge in [0.2, 0.25) is 5.95 Å². The summed E-state index contributed by atoms with van der Waals surface area (Å²) in [5, 5.41) is 0.538. The standard InChI is InChI=1S/C17H13ClN4O2/c18-12-6-8-14(9-7-12)22-16(23)19-15-20(10-11-21(15)17(22)24)13-4-2-1-3-5-13/h1-9H,10-11H2. The molecule has 0 bridgehead atoms. The number of para-hydroxylation sites is 1. The van der Waals surface area contributed by atoms with Crippen LogP contribution in [0.2, 0.25) is 5.02 Å². The Labute approximate surface area is 142 Å². The number of rotatable bonds is 2. The van der Waals surface area contributed by atoms with E-state index in [0.717, 1.165) is 10.3 Å². The highest BCUT2D eigenvalue weighted by Crippen LogP contribution is 2.25. The molecule has 0 saturated carbocycles. The summed E-state index contributed by atoms with van der Waals surface area (Å²) < 4.78 is 2.58. The lowest BCUT2D eigenvalue weighted by atomic mass is 10.3. The molecule has 0 radical (unpaired) electrons. The molecule has 1 aliphatic heterocycles. The van der Waals surface area contributed by atoms with Crippen molar-refractivity contribution in [2.45, 2.75) is 6.54 Å². The van der Waals surface area contributed by atoms with Crippen LogP contribution in [0.15, 0.2) is 64.2 Å². The Bertz CT molecular complexity index is 1010. The number of benzene rings is 2. The Balaban J connectivity index is 1.87. The average molecular weight is 341 g/mol. The molecular formula is C17H13ClN4O2. The fourth-order valence-electron chi connectivity index (χ4n) is 2.85. The third kappa shape index (κ3) is 2.32. The summed E-state index contributed by atoms with van der Waals surface area (Å²) in [4.78, 5) is 31.2. The molecule has 2 heterocycles. The maximum absolute atomic E-state index is 12.8. The van der Waals surface area contributed by atoms with Crippen LogP contribution in [-0.4, -0.2) is 20.7 Å². The van der Waals surface area contributed by atoms with Crippen molar-refractivity contribution in [1.82, 2.24) is 14.1 Å². The molecule has 3 aromatic rings. The minimum Gasteiger partial charge on any atom is -0.310 e. The molecule has 0 amide bonds. The zero-order valence-corrected chi connectivity index (χ0v) is 13.3. The third-order valence-electron chi connectivity index (χ3n) is 3.99. The molecular weight excluding hydrogens is 328 g/mol. The Morgan fingerprint density at radius 1 is 0.875 bits per heavy atom. The van der Waals surface area contributed by atoms with Gasteiger partial charge in [-0.1, -0.05) is 29.8 Å². The lowest BCUT2D eigenvalue weighted by Gasteiger charge is -2.17. The van der Waals surface area contributed by atoms with E-state index in [1.54, 1.807) is 24.3 Å². The summed E-state index contributed by atoms with van der Waals surface area (Å²) >= 11 is 5.87. The van der Waals surface area contributed by atoms with Gasteiger partial charge in [0.15, 0.2) is 0 Å². The van der Waals surface area contributed by atoms with Crippen LogP contribution in [0.25, 0.3) is 5.69 Å². The molecule has 7 heteroatoms. The monoisotopic (exact) mass is 340 g/mol. The maximum atomic E-state index is 12.8. The third-order valence-corrected chi connectivity index (χ3v) is 4.24. The highest BCUT2D eigenvalue weighted by molar-refractivity contribution is 6.30. The van der Waals surface area contributed by atoms with Gasteiger partial charge in [-0.25, -0.2) is 14.2 Å². The minimum atomic E-state index is -0.601. The number of anilines is 2. The van der Waals surface area contributed by atoms with Crippen LogP contribution in [-0.2, 0) is 6.54 Å². The first-order valence-electron chi connectivity index (χ1n) is 7.47. The minimum absolute atomic E-state index is 0.376. The number of halogens is 1. The summed E-state index contributed by atoms with van der Waals surface area (Å²) in [5.41, 5.74) is 0.358. The van der Waals surface area contributed by atoms with Crippen molar-refractivity contribution in [3.63, 3.8) is 0 Å². The number of hydrogen-bond acceptors (Lipinski definition) is 4. The second kappa shape index (κ2) is 5.65. The van der Waals surface area contributed by atoms with Gasteiger partial charge in [-0.3, -0.25) is 4.57 Å². The van der Waals surface area contributed by atoms with Crippen molar-refractivity contribution in [3.8, 4) is 5.69 Å². The van der Waals surface area contributed by atoms with Gasteiger partial charge in [0.1, 0.15) is 0 Å². The largest absolute Gasteiger partial charge is 0.359 e. The molecule has 120 valence electrons. The van der Waals surface area contributed by atoms with E-state index >= 15 is 0 Å². The van der Waals surface area contributed by atoms with Crippen LogP contribution in [0.4, 0.5) is 11.6 Å². The Morgan fingerprint density at radius 3 is 2.29 bits per heavy atom. The van der Waals surface area contributed by atoms with Gasteiger partial charge in [-0.2, -0.15) is 4.98 Å². The zero-order chi connectivity index (χ0) is 16.7. The lowest BCUT2D eigenvalue weighted by Crippen LogP contribution is -2.40. The van der Waals surface area contributed by atoms with Crippen molar-refractivity contribution in [2.24, 2.45) is 0 Å². The topological polar surface area (TPSA) is 60.1 Å². The summed E-state index contributed by atoms with van der Waals surface area (Å²) in [6, 6.07) is 16.1. The van der Waals surface area contributed by atoms with E-state index in [0.29, 0.717) is 29.7 Å². The molecule has 0 atom stereocenters. The molecule has 0 spiro atoms. The van der Waals surface area contributed by atoms with Gasteiger partial charge in [0, 0.05) is 23.8 Å². The van der Waals surface area contributed by atoms with Crippen molar-refractivity contribution in [2.75, 3.05) is 11.4 Å². The smallest absolute Gasteiger partial charge is 0.310 e. The average Bonchev–Trinajstić information content (AvgIpc) is 3.01. The molecule has 0 aliphatic carbocycles. The highest BCUT2D eigenvalue weighted by Gasteiger charge is 2.25. The van der Waals surface area contributed by atoms with E-state index < -0.39 is 11.4 Å². The van der Waals surface area contributed by atoms with Crippen molar-refractivity contribution in [3.05, 3.63) is 80.6 Å². The van der Waals surface area contributed by atoms with E-state index in [-0.39, 0.29) is 0 Å². The number of nitrogens with zero attached hydrogens (tertiary/aromatic N) is 4. The molecule has 1 aliphatic rings. The van der Waals surface area contributed by atoms with Crippen LogP contribution in [0.5, 0.6) is 0 Å². The predicted octanol–water partition coefficient (Wildman–Crippen LogP) is 2.20. The van der Waals surface area contributed by atoms with Crippen LogP contribution >= 0.6 is 11.6 Å². The van der Waals surface area contributed by atoms with E-state index in [4.69, 9.17) is 11.6 Å². The number of aromatic nitrogens is 3. The molecule has 0 unspecified atom stereocenters. The Morgan fingerprint density at radius 2 is 1.58 bits per heavy atom. The second-order valence-electron chi connectivity index (χ2n) is 5.43. The molecule has 0 saturated heterocycles. The first-order chi connectivity index (χ1) is 11.6. The number of fused-ring (bicyclic) bond motifs is 1. The first-order valence-corrected chi connectivity index (χ1v) is 7.85. The van der Waals surface area contributed by atoms with E-state index in [1.807, 2.05) is 35.2 Å². The summed E-state index contributed by atoms with van der Waals surface area (Å²) in [6.45, 7) is 1.07. The first kappa shape index (κ1) is 14.7. The number of hydrogen-bond donors (Lipinski definition) is 0. The van der Waals surface area contributed by atoms with Gasteiger partial charge < -0.3 is 4.90 Å². The summed E-state index contributed by atoms with van der Waals surface area (Å²) in [7, 11) is 0. The molecule has 0 N–H and O–H groups in total. The fourth-order valence-corrected chi connectivity index (χ4v) is 2.98. The summed E-state index contributed by atoms with van der Waals surface area (Å²) in [5.74, 6) is 0.376. The van der Waals surface area contributed by atoms with Crippen LogP contribution in [0, 0.1) is 0 Å². The van der Waals surface area contributed by atoms with Crippen LogP contribution < -0.4 is 16.3 Å². The Hall–Kier alpha value is -2.86. The van der Waals surface area contributed by atoms with Crippen molar-refractivity contribution < 1.29 is 0 Å². The van der Waals surface area contributed by atoms with E-state index in [1.165, 1.54) is 4.57 Å². The van der Waals surface area contributed by atoms with E-state index in [9.17, 15) is 9.59 Å². The molecule has 24 heavy (non-hydrogen) atoms. The molecule has 6 nitrogen and oxygen atoms in total. The van der Waals surface area contributed by atoms with E-state index in [2.05, 4.69) is 4.98 Å². The van der Waals surface area contributed by atoms with Gasteiger partial charge in [-0.15, -0.1) is 0 Å². The Kier molecular flexibility index (Phi) is 3.46. The van der Waals surface area contributed by atoms with Crippen LogP contribution in [0.1, 0.15) is 0 Å². The van der Waals surface area contributed by atoms with Gasteiger partial charge in [0.05, 0.1) is 5.69 Å². The normalized spacial score (nSPS) is 13.1. The van der Waals surface area contributed by atoms with Crippen molar-refractivity contribution >= 4 is 23.2 Å². The molecule has 2 aromatic carbocycles. The second-order valence-corrected chi connectivity index (χ2v) is 5.86. The fraction of sp³-hybridized carbons (Fsp3) is 0.118. The lowest BCUT2D eigenvalue weighted by molar-refractivity contribution is 0.672. The predicted molar refractivity (Wildman–Crippen MR) is 92.6 cm³/mol. The molecule has 0 fully saturated rings. The summed E-state index contributed by atoms with van der Waals surface area (Å²) in [6.07, 6.45) is 0.